The SMILES string of the molecule is Cc1ccc(NC(=O)N2CC(S(=O)(=O)N3CCC(c4c[nH]c5ncccc45)CC3)C2)cc1. The molecule has 0 bridgehead atoms. The maximum atomic E-state index is 13.1. The maximum absolute atomic E-state index is 13.1. The Labute approximate surface area is 187 Å². The molecule has 0 atom stereocenters. The van der Waals surface area contributed by atoms with Gasteiger partial charge in [-0.25, -0.2) is 22.5 Å². The van der Waals surface area contributed by atoms with Gasteiger partial charge in [0.05, 0.1) is 0 Å². The molecule has 2 N–H and O–H groups in total. The highest BCUT2D eigenvalue weighted by Crippen LogP contribution is 2.34. The minimum atomic E-state index is -3.41. The smallest absolute Gasteiger partial charge is 0.321 e. The number of carbonyl (C=O) groups is 1. The number of aryl methyl sites for hydroxylation is 1. The number of urea groups is 1. The average Bonchev–Trinajstić information content (AvgIpc) is 3.18. The number of piperidine rings is 1. The first kappa shape index (κ1) is 21.0. The van der Waals surface area contributed by atoms with E-state index in [1.807, 2.05) is 43.5 Å². The molecule has 9 heteroatoms. The van der Waals surface area contributed by atoms with E-state index >= 15 is 0 Å². The van der Waals surface area contributed by atoms with Crippen LogP contribution < -0.4 is 5.32 Å². The average molecular weight is 454 g/mol. The number of carbonyl (C=O) groups excluding carboxylic acids is 1. The van der Waals surface area contributed by atoms with E-state index in [9.17, 15) is 13.2 Å². The second kappa shape index (κ2) is 8.22. The van der Waals surface area contributed by atoms with Crippen molar-refractivity contribution in [1.82, 2.24) is 19.2 Å². The molecule has 2 aliphatic rings. The minimum Gasteiger partial charge on any atom is -0.346 e. The van der Waals surface area contributed by atoms with E-state index < -0.39 is 15.3 Å². The molecule has 2 aliphatic heterocycles. The van der Waals surface area contributed by atoms with Crippen molar-refractivity contribution in [2.75, 3.05) is 31.5 Å². The molecule has 2 amide bonds. The number of sulfonamides is 1. The van der Waals surface area contributed by atoms with E-state index in [2.05, 4.69) is 21.4 Å². The Bertz CT molecular complexity index is 1220. The van der Waals surface area contributed by atoms with Crippen LogP contribution in [0.25, 0.3) is 11.0 Å². The van der Waals surface area contributed by atoms with Crippen LogP contribution in [0.3, 0.4) is 0 Å². The number of hydrogen-bond acceptors (Lipinski definition) is 4. The lowest BCUT2D eigenvalue weighted by atomic mass is 9.90. The molecule has 0 unspecified atom stereocenters. The third kappa shape index (κ3) is 3.86. The van der Waals surface area contributed by atoms with Crippen LogP contribution in [-0.2, 0) is 10.0 Å². The first-order valence-corrected chi connectivity index (χ1v) is 12.5. The van der Waals surface area contributed by atoms with Gasteiger partial charge in [0.25, 0.3) is 0 Å². The second-order valence-corrected chi connectivity index (χ2v) is 10.9. The standard InChI is InChI=1S/C23H27N5O3S/c1-16-4-6-18(7-5-16)26-23(29)27-14-19(15-27)32(30,31)28-11-8-17(9-12-28)21-13-25-22-20(21)3-2-10-24-22/h2-7,10,13,17,19H,8-9,11-12,14-15H2,1H3,(H,24,25)(H,26,29). The molecule has 0 radical (unpaired) electrons. The van der Waals surface area contributed by atoms with Crippen molar-refractivity contribution in [3.05, 3.63) is 59.9 Å². The normalized spacial score (nSPS) is 18.6. The van der Waals surface area contributed by atoms with Gasteiger partial charge in [-0.3, -0.25) is 0 Å². The molecule has 0 aliphatic carbocycles. The van der Waals surface area contributed by atoms with Crippen LogP contribution in [0.1, 0.15) is 29.9 Å². The molecule has 0 spiro atoms. The Morgan fingerprint density at radius 1 is 1.12 bits per heavy atom. The zero-order chi connectivity index (χ0) is 22.3. The molecule has 8 nitrogen and oxygen atoms in total. The number of rotatable bonds is 4. The number of H-pyrrole nitrogens is 1. The van der Waals surface area contributed by atoms with E-state index in [4.69, 9.17) is 0 Å². The molecule has 1 aromatic carbocycles. The first-order chi connectivity index (χ1) is 15.4. The summed E-state index contributed by atoms with van der Waals surface area (Å²) in [5.41, 5.74) is 3.91. The zero-order valence-corrected chi connectivity index (χ0v) is 18.8. The fourth-order valence-electron chi connectivity index (χ4n) is 4.58. The summed E-state index contributed by atoms with van der Waals surface area (Å²) in [4.78, 5) is 21.5. The maximum Gasteiger partial charge on any atom is 0.321 e. The lowest BCUT2D eigenvalue weighted by Crippen LogP contribution is -2.61. The third-order valence-corrected chi connectivity index (χ3v) is 8.82. The summed E-state index contributed by atoms with van der Waals surface area (Å²) in [5.74, 6) is 0.317. The lowest BCUT2D eigenvalue weighted by molar-refractivity contribution is 0.179. The monoisotopic (exact) mass is 453 g/mol. The Morgan fingerprint density at radius 2 is 1.84 bits per heavy atom. The number of anilines is 1. The van der Waals surface area contributed by atoms with E-state index in [-0.39, 0.29) is 19.1 Å². The summed E-state index contributed by atoms with van der Waals surface area (Å²) in [7, 11) is -3.41. The molecule has 3 aromatic rings. The van der Waals surface area contributed by atoms with Gasteiger partial charge in [-0.2, -0.15) is 0 Å². The van der Waals surface area contributed by atoms with Crippen LogP contribution in [0.4, 0.5) is 10.5 Å². The summed E-state index contributed by atoms with van der Waals surface area (Å²) in [6, 6.07) is 11.3. The summed E-state index contributed by atoms with van der Waals surface area (Å²) < 4.78 is 27.8. The van der Waals surface area contributed by atoms with Crippen molar-refractivity contribution < 1.29 is 13.2 Å². The topological polar surface area (TPSA) is 98.4 Å². The number of likely N-dealkylation sites (tertiary alicyclic amines) is 1. The number of aromatic nitrogens is 2. The number of hydrogen-bond donors (Lipinski definition) is 2. The molecule has 32 heavy (non-hydrogen) atoms. The molecule has 2 saturated heterocycles. The number of benzene rings is 1. The van der Waals surface area contributed by atoms with Crippen LogP contribution in [0, 0.1) is 6.92 Å². The van der Waals surface area contributed by atoms with Crippen LogP contribution >= 0.6 is 0 Å². The van der Waals surface area contributed by atoms with Gasteiger partial charge in [-0.15, -0.1) is 0 Å². The number of fused-ring (bicyclic) bond motifs is 1. The third-order valence-electron chi connectivity index (χ3n) is 6.60. The second-order valence-electron chi connectivity index (χ2n) is 8.69. The van der Waals surface area contributed by atoms with Crippen LogP contribution in [0.5, 0.6) is 0 Å². The van der Waals surface area contributed by atoms with Crippen molar-refractivity contribution in [2.24, 2.45) is 0 Å². The van der Waals surface area contributed by atoms with Crippen LogP contribution in [0.15, 0.2) is 48.8 Å². The summed E-state index contributed by atoms with van der Waals surface area (Å²) in [6.45, 7) is 3.46. The highest BCUT2D eigenvalue weighted by atomic mass is 32.2. The van der Waals surface area contributed by atoms with Gasteiger partial charge in [0, 0.05) is 49.6 Å². The van der Waals surface area contributed by atoms with E-state index in [1.165, 1.54) is 5.56 Å². The summed E-state index contributed by atoms with van der Waals surface area (Å²) in [5, 5.41) is 3.42. The lowest BCUT2D eigenvalue weighted by Gasteiger charge is -2.42. The molecule has 5 rings (SSSR count). The number of nitrogens with zero attached hydrogens (tertiary/aromatic N) is 3. The summed E-state index contributed by atoms with van der Waals surface area (Å²) in [6.07, 6.45) is 5.33. The highest BCUT2D eigenvalue weighted by Gasteiger charge is 2.43. The van der Waals surface area contributed by atoms with Gasteiger partial charge in [-0.1, -0.05) is 17.7 Å². The Morgan fingerprint density at radius 3 is 2.56 bits per heavy atom. The number of aromatic amines is 1. The molecular formula is C23H27N5O3S. The largest absolute Gasteiger partial charge is 0.346 e. The van der Waals surface area contributed by atoms with Gasteiger partial charge in [0.2, 0.25) is 10.0 Å². The zero-order valence-electron chi connectivity index (χ0n) is 18.0. The van der Waals surface area contributed by atoms with Gasteiger partial charge >= 0.3 is 6.03 Å². The minimum absolute atomic E-state index is 0.230. The number of nitrogens with one attached hydrogen (secondary N) is 2. The van der Waals surface area contributed by atoms with E-state index in [0.717, 1.165) is 29.4 Å². The quantitative estimate of drug-likeness (QED) is 0.633. The molecule has 4 heterocycles. The van der Waals surface area contributed by atoms with Crippen LogP contribution in [0.2, 0.25) is 0 Å². The number of amides is 2. The fourth-order valence-corrected chi connectivity index (χ4v) is 6.46. The molecule has 2 aromatic heterocycles. The Kier molecular flexibility index (Phi) is 5.38. The predicted octanol–water partition coefficient (Wildman–Crippen LogP) is 3.30. The van der Waals surface area contributed by atoms with Crippen molar-refractivity contribution in [3.63, 3.8) is 0 Å². The van der Waals surface area contributed by atoms with Gasteiger partial charge < -0.3 is 15.2 Å². The van der Waals surface area contributed by atoms with Crippen LogP contribution in [-0.4, -0.2) is 65.1 Å². The fraction of sp³-hybridized carbons (Fsp3) is 0.391. The van der Waals surface area contributed by atoms with Gasteiger partial charge in [-0.05, 0) is 55.5 Å². The van der Waals surface area contributed by atoms with Crippen molar-refractivity contribution in [2.45, 2.75) is 30.9 Å². The van der Waals surface area contributed by atoms with Gasteiger partial charge in [0.15, 0.2) is 0 Å². The molecule has 0 saturated carbocycles. The van der Waals surface area contributed by atoms with Crippen molar-refractivity contribution in [3.8, 4) is 0 Å². The number of pyridine rings is 1. The predicted molar refractivity (Wildman–Crippen MR) is 124 cm³/mol. The Balaban J connectivity index is 1.16. The first-order valence-electron chi connectivity index (χ1n) is 11.0. The highest BCUT2D eigenvalue weighted by molar-refractivity contribution is 7.89. The van der Waals surface area contributed by atoms with E-state index in [0.29, 0.717) is 24.7 Å². The van der Waals surface area contributed by atoms with E-state index in [1.54, 1.807) is 15.4 Å². The Hall–Kier alpha value is -2.91. The molecule has 2 fully saturated rings. The molecule has 168 valence electrons. The van der Waals surface area contributed by atoms with Crippen molar-refractivity contribution >= 4 is 32.8 Å². The summed E-state index contributed by atoms with van der Waals surface area (Å²) >= 11 is 0. The van der Waals surface area contributed by atoms with Crippen molar-refractivity contribution in [1.29, 1.82) is 0 Å². The molecular weight excluding hydrogens is 426 g/mol. The van der Waals surface area contributed by atoms with Gasteiger partial charge in [0.1, 0.15) is 10.9 Å².